The van der Waals surface area contributed by atoms with E-state index in [2.05, 4.69) is 5.32 Å². The lowest BCUT2D eigenvalue weighted by atomic mass is 10.3. The summed E-state index contributed by atoms with van der Waals surface area (Å²) in [6.07, 6.45) is 1.60. The number of anilines is 1. The Kier molecular flexibility index (Phi) is 5.00. The van der Waals surface area contributed by atoms with Crippen LogP contribution >= 0.6 is 22.9 Å². The molecule has 0 radical (unpaired) electrons. The lowest BCUT2D eigenvalue weighted by Crippen LogP contribution is -2.33. The average Bonchev–Trinajstić information content (AvgIpc) is 3.20. The molecule has 0 aliphatic rings. The molecule has 23 heavy (non-hydrogen) atoms. The first-order valence-corrected chi connectivity index (χ1v) is 8.38. The molecule has 4 nitrogen and oxygen atoms in total. The molecule has 1 N–H and O–H groups in total. The highest BCUT2D eigenvalue weighted by Crippen LogP contribution is 2.18. The van der Waals surface area contributed by atoms with E-state index in [4.69, 9.17) is 16.0 Å². The number of halogens is 1. The van der Waals surface area contributed by atoms with Gasteiger partial charge in [-0.25, -0.2) is 4.79 Å². The van der Waals surface area contributed by atoms with Gasteiger partial charge in [0.25, 0.3) is 0 Å². The van der Waals surface area contributed by atoms with E-state index in [1.807, 2.05) is 29.0 Å². The van der Waals surface area contributed by atoms with Gasteiger partial charge >= 0.3 is 6.03 Å². The molecule has 0 saturated heterocycles. The summed E-state index contributed by atoms with van der Waals surface area (Å²) in [7, 11) is 0. The molecule has 0 bridgehead atoms. The number of amides is 2. The molecule has 3 aromatic rings. The Balaban J connectivity index is 1.74. The van der Waals surface area contributed by atoms with Gasteiger partial charge < -0.3 is 14.6 Å². The maximum absolute atomic E-state index is 12.6. The average molecular weight is 347 g/mol. The number of hydrogen-bond donors (Lipinski definition) is 1. The third-order valence-electron chi connectivity index (χ3n) is 3.24. The van der Waals surface area contributed by atoms with Crippen LogP contribution in [-0.4, -0.2) is 10.9 Å². The van der Waals surface area contributed by atoms with E-state index in [0.29, 0.717) is 23.8 Å². The van der Waals surface area contributed by atoms with E-state index >= 15 is 0 Å². The number of rotatable bonds is 5. The highest BCUT2D eigenvalue weighted by molar-refractivity contribution is 7.07. The summed E-state index contributed by atoms with van der Waals surface area (Å²) < 4.78 is 5.36. The maximum Gasteiger partial charge on any atom is 0.322 e. The van der Waals surface area contributed by atoms with Crippen molar-refractivity contribution < 1.29 is 9.21 Å². The second-order valence-corrected chi connectivity index (χ2v) is 6.22. The van der Waals surface area contributed by atoms with Gasteiger partial charge in [0.05, 0.1) is 12.8 Å². The lowest BCUT2D eigenvalue weighted by molar-refractivity contribution is 0.201. The maximum atomic E-state index is 12.6. The van der Waals surface area contributed by atoms with Crippen molar-refractivity contribution in [2.45, 2.75) is 13.1 Å². The van der Waals surface area contributed by atoms with Crippen molar-refractivity contribution in [2.24, 2.45) is 0 Å². The predicted octanol–water partition coefficient (Wildman–Crippen LogP) is 5.23. The molecule has 2 aromatic heterocycles. The number of furan rings is 1. The Morgan fingerprint density at radius 1 is 1.22 bits per heavy atom. The van der Waals surface area contributed by atoms with E-state index < -0.39 is 0 Å². The zero-order valence-electron chi connectivity index (χ0n) is 12.2. The minimum absolute atomic E-state index is 0.199. The summed E-state index contributed by atoms with van der Waals surface area (Å²) in [5.41, 5.74) is 1.75. The van der Waals surface area contributed by atoms with Crippen LogP contribution in [0.25, 0.3) is 0 Å². The Labute approximate surface area is 143 Å². The van der Waals surface area contributed by atoms with Crippen LogP contribution in [0.4, 0.5) is 10.5 Å². The van der Waals surface area contributed by atoms with Gasteiger partial charge in [0.2, 0.25) is 0 Å². The van der Waals surface area contributed by atoms with Gasteiger partial charge in [-0.15, -0.1) is 0 Å². The molecule has 0 unspecified atom stereocenters. The van der Waals surface area contributed by atoms with Crippen LogP contribution in [-0.2, 0) is 13.1 Å². The SMILES string of the molecule is O=C(Nc1cccc(Cl)c1)N(Cc1ccsc1)Cc1ccco1. The molecule has 0 saturated carbocycles. The minimum Gasteiger partial charge on any atom is -0.467 e. The normalized spacial score (nSPS) is 10.5. The number of nitrogens with one attached hydrogen (secondary N) is 1. The summed E-state index contributed by atoms with van der Waals surface area (Å²) in [5, 5.41) is 7.48. The standard InChI is InChI=1S/C17H15ClN2O2S/c18-14-3-1-4-15(9-14)19-17(21)20(10-13-6-8-23-12-13)11-16-5-2-7-22-16/h1-9,12H,10-11H2,(H,19,21). The number of carbonyl (C=O) groups excluding carboxylic acids is 1. The van der Waals surface area contributed by atoms with Crippen LogP contribution in [0.5, 0.6) is 0 Å². The molecule has 2 heterocycles. The minimum atomic E-state index is -0.199. The van der Waals surface area contributed by atoms with Crippen LogP contribution < -0.4 is 5.32 Å². The van der Waals surface area contributed by atoms with Gasteiger partial charge in [-0.05, 0) is 52.7 Å². The first-order valence-electron chi connectivity index (χ1n) is 7.05. The van der Waals surface area contributed by atoms with Gasteiger partial charge in [0.15, 0.2) is 0 Å². The summed E-state index contributed by atoms with van der Waals surface area (Å²) in [5.74, 6) is 0.737. The fourth-order valence-corrected chi connectivity index (χ4v) is 3.01. The number of nitrogens with zero attached hydrogens (tertiary/aromatic N) is 1. The smallest absolute Gasteiger partial charge is 0.322 e. The van der Waals surface area contributed by atoms with Crippen LogP contribution in [0.3, 0.4) is 0 Å². The summed E-state index contributed by atoms with van der Waals surface area (Å²) in [4.78, 5) is 14.3. The van der Waals surface area contributed by atoms with Crippen molar-refractivity contribution in [3.8, 4) is 0 Å². The van der Waals surface area contributed by atoms with Gasteiger partial charge in [-0.3, -0.25) is 0 Å². The molecule has 6 heteroatoms. The van der Waals surface area contributed by atoms with Crippen molar-refractivity contribution in [3.63, 3.8) is 0 Å². The predicted molar refractivity (Wildman–Crippen MR) is 92.7 cm³/mol. The van der Waals surface area contributed by atoms with Gasteiger partial charge in [0, 0.05) is 17.3 Å². The van der Waals surface area contributed by atoms with Gasteiger partial charge in [-0.1, -0.05) is 17.7 Å². The van der Waals surface area contributed by atoms with Gasteiger partial charge in [0.1, 0.15) is 5.76 Å². The molecular formula is C17H15ClN2O2S. The Morgan fingerprint density at radius 3 is 2.83 bits per heavy atom. The molecule has 0 atom stereocenters. The van der Waals surface area contributed by atoms with Crippen molar-refractivity contribution in [1.82, 2.24) is 4.90 Å². The van der Waals surface area contributed by atoms with Crippen LogP contribution in [0.1, 0.15) is 11.3 Å². The molecule has 0 spiro atoms. The molecular weight excluding hydrogens is 332 g/mol. The van der Waals surface area contributed by atoms with Crippen molar-refractivity contribution in [1.29, 1.82) is 0 Å². The molecule has 0 aliphatic carbocycles. The van der Waals surface area contributed by atoms with Crippen LogP contribution in [0.15, 0.2) is 63.9 Å². The first-order chi connectivity index (χ1) is 11.2. The first kappa shape index (κ1) is 15.6. The summed E-state index contributed by atoms with van der Waals surface area (Å²) in [6, 6.07) is 12.6. The van der Waals surface area contributed by atoms with E-state index in [1.54, 1.807) is 46.8 Å². The summed E-state index contributed by atoms with van der Waals surface area (Å²) in [6.45, 7) is 0.909. The molecule has 0 aliphatic heterocycles. The largest absolute Gasteiger partial charge is 0.467 e. The number of carbonyl (C=O) groups is 1. The molecule has 2 amide bonds. The third kappa shape index (κ3) is 4.37. The Bertz CT molecular complexity index is 721. The quantitative estimate of drug-likeness (QED) is 0.687. The second kappa shape index (κ2) is 7.35. The zero-order valence-corrected chi connectivity index (χ0v) is 13.8. The van der Waals surface area contributed by atoms with Crippen molar-refractivity contribution in [3.05, 3.63) is 75.8 Å². The lowest BCUT2D eigenvalue weighted by Gasteiger charge is -2.22. The van der Waals surface area contributed by atoms with Crippen LogP contribution in [0.2, 0.25) is 5.02 Å². The van der Waals surface area contributed by atoms with E-state index in [-0.39, 0.29) is 6.03 Å². The Morgan fingerprint density at radius 2 is 2.13 bits per heavy atom. The van der Waals surface area contributed by atoms with Crippen molar-refractivity contribution >= 4 is 34.7 Å². The topological polar surface area (TPSA) is 45.5 Å². The highest BCUT2D eigenvalue weighted by atomic mass is 35.5. The van der Waals surface area contributed by atoms with Gasteiger partial charge in [-0.2, -0.15) is 11.3 Å². The molecule has 118 valence electrons. The van der Waals surface area contributed by atoms with Crippen molar-refractivity contribution in [2.75, 3.05) is 5.32 Å². The fraction of sp³-hybridized carbons (Fsp3) is 0.118. The van der Waals surface area contributed by atoms with E-state index in [1.165, 1.54) is 0 Å². The fourth-order valence-electron chi connectivity index (χ4n) is 2.16. The number of benzene rings is 1. The molecule has 3 rings (SSSR count). The van der Waals surface area contributed by atoms with E-state index in [0.717, 1.165) is 11.3 Å². The zero-order chi connectivity index (χ0) is 16.1. The monoisotopic (exact) mass is 346 g/mol. The third-order valence-corrected chi connectivity index (χ3v) is 4.21. The highest BCUT2D eigenvalue weighted by Gasteiger charge is 2.16. The number of urea groups is 1. The molecule has 0 fully saturated rings. The van der Waals surface area contributed by atoms with E-state index in [9.17, 15) is 4.79 Å². The Hall–Kier alpha value is -2.24. The number of thiophene rings is 1. The number of hydrogen-bond acceptors (Lipinski definition) is 3. The van der Waals surface area contributed by atoms with Crippen LogP contribution in [0, 0.1) is 0 Å². The second-order valence-electron chi connectivity index (χ2n) is 5.01. The molecule has 1 aromatic carbocycles. The summed E-state index contributed by atoms with van der Waals surface area (Å²) >= 11 is 7.57.